The van der Waals surface area contributed by atoms with Gasteiger partial charge in [0.25, 0.3) is 0 Å². The fourth-order valence-electron chi connectivity index (χ4n) is 2.86. The fraction of sp³-hybridized carbons (Fsp3) is 0.625. The van der Waals surface area contributed by atoms with E-state index >= 15 is 0 Å². The summed E-state index contributed by atoms with van der Waals surface area (Å²) in [6.45, 7) is 4.66. The molecule has 20 heavy (non-hydrogen) atoms. The molecule has 0 aromatic heterocycles. The van der Waals surface area contributed by atoms with E-state index in [0.717, 1.165) is 31.0 Å². The molecule has 1 heterocycles. The van der Waals surface area contributed by atoms with Crippen molar-refractivity contribution in [1.82, 2.24) is 9.80 Å². The summed E-state index contributed by atoms with van der Waals surface area (Å²) in [5, 5.41) is 0. The minimum Gasteiger partial charge on any atom is -0.492 e. The lowest BCUT2D eigenvalue weighted by atomic mass is 10.2. The lowest BCUT2D eigenvalue weighted by molar-refractivity contribution is 0.172. The molecule has 0 saturated carbocycles. The first-order chi connectivity index (χ1) is 9.69. The van der Waals surface area contributed by atoms with Gasteiger partial charge in [0.2, 0.25) is 0 Å². The van der Waals surface area contributed by atoms with E-state index in [1.54, 1.807) is 0 Å². The van der Waals surface area contributed by atoms with Gasteiger partial charge in [-0.2, -0.15) is 0 Å². The molecular weight excluding hydrogens is 250 g/mol. The van der Waals surface area contributed by atoms with Crippen molar-refractivity contribution in [3.05, 3.63) is 29.8 Å². The average molecular weight is 277 g/mol. The van der Waals surface area contributed by atoms with E-state index in [0.29, 0.717) is 12.6 Å². The van der Waals surface area contributed by atoms with Crippen molar-refractivity contribution in [1.29, 1.82) is 0 Å². The van der Waals surface area contributed by atoms with Gasteiger partial charge in [-0.05, 0) is 51.2 Å². The summed E-state index contributed by atoms with van der Waals surface area (Å²) in [7, 11) is 4.29. The Morgan fingerprint density at radius 1 is 1.40 bits per heavy atom. The zero-order valence-electron chi connectivity index (χ0n) is 12.7. The van der Waals surface area contributed by atoms with E-state index in [2.05, 4.69) is 23.9 Å². The third-order valence-corrected chi connectivity index (χ3v) is 3.86. The summed E-state index contributed by atoms with van der Waals surface area (Å²) < 4.78 is 5.85. The second kappa shape index (κ2) is 7.62. The molecule has 0 radical (unpaired) electrons. The quantitative estimate of drug-likeness (QED) is 0.821. The maximum Gasteiger partial charge on any atom is 0.119 e. The van der Waals surface area contributed by atoms with E-state index in [4.69, 9.17) is 10.5 Å². The zero-order chi connectivity index (χ0) is 14.4. The van der Waals surface area contributed by atoms with Crippen LogP contribution in [0.5, 0.6) is 5.75 Å². The average Bonchev–Trinajstić information content (AvgIpc) is 2.86. The highest BCUT2D eigenvalue weighted by Gasteiger charge is 2.24. The first kappa shape index (κ1) is 15.3. The van der Waals surface area contributed by atoms with Crippen molar-refractivity contribution in [2.75, 3.05) is 40.3 Å². The molecule has 2 rings (SSSR count). The van der Waals surface area contributed by atoms with Crippen LogP contribution in [-0.4, -0.2) is 56.2 Å². The first-order valence-corrected chi connectivity index (χ1v) is 7.49. The number of likely N-dealkylation sites (N-methyl/N-ethyl adjacent to an activating group) is 1. The van der Waals surface area contributed by atoms with Gasteiger partial charge in [-0.15, -0.1) is 0 Å². The van der Waals surface area contributed by atoms with Gasteiger partial charge in [0.15, 0.2) is 0 Å². The lowest BCUT2D eigenvalue weighted by Gasteiger charge is -2.26. The molecule has 1 atom stereocenters. The summed E-state index contributed by atoms with van der Waals surface area (Å²) in [4.78, 5) is 4.82. The van der Waals surface area contributed by atoms with Crippen molar-refractivity contribution in [3.8, 4) is 5.75 Å². The lowest BCUT2D eigenvalue weighted by Crippen LogP contribution is -2.39. The Balaban J connectivity index is 1.77. The van der Waals surface area contributed by atoms with Crippen LogP contribution in [0.1, 0.15) is 18.4 Å². The second-order valence-electron chi connectivity index (χ2n) is 5.79. The summed E-state index contributed by atoms with van der Waals surface area (Å²) in [6.07, 6.45) is 2.61. The molecule has 4 heteroatoms. The normalized spacial score (nSPS) is 19.7. The van der Waals surface area contributed by atoms with Crippen molar-refractivity contribution in [3.63, 3.8) is 0 Å². The van der Waals surface area contributed by atoms with Crippen LogP contribution in [0.15, 0.2) is 24.3 Å². The highest BCUT2D eigenvalue weighted by atomic mass is 16.5. The largest absolute Gasteiger partial charge is 0.492 e. The summed E-state index contributed by atoms with van der Waals surface area (Å²) >= 11 is 0. The molecule has 1 aromatic carbocycles. The predicted molar refractivity (Wildman–Crippen MR) is 83.0 cm³/mol. The maximum absolute atomic E-state index is 5.85. The fourth-order valence-corrected chi connectivity index (χ4v) is 2.86. The molecule has 0 spiro atoms. The highest BCUT2D eigenvalue weighted by Crippen LogP contribution is 2.18. The number of nitrogens with two attached hydrogens (primary N) is 1. The molecule has 1 fully saturated rings. The summed E-state index contributed by atoms with van der Waals surface area (Å²) in [5.41, 5.74) is 6.76. The topological polar surface area (TPSA) is 41.7 Å². The van der Waals surface area contributed by atoms with Gasteiger partial charge in [-0.25, -0.2) is 0 Å². The van der Waals surface area contributed by atoms with E-state index in [1.807, 2.05) is 24.3 Å². The van der Waals surface area contributed by atoms with Gasteiger partial charge in [-0.1, -0.05) is 12.1 Å². The molecule has 0 bridgehead atoms. The first-order valence-electron chi connectivity index (χ1n) is 7.49. The van der Waals surface area contributed by atoms with Crippen molar-refractivity contribution >= 4 is 0 Å². The third kappa shape index (κ3) is 4.47. The molecule has 1 aromatic rings. The summed E-state index contributed by atoms with van der Waals surface area (Å²) in [6, 6.07) is 8.74. The van der Waals surface area contributed by atoms with E-state index in [9.17, 15) is 0 Å². The molecule has 1 saturated heterocycles. The molecule has 112 valence electrons. The van der Waals surface area contributed by atoms with Crippen LogP contribution < -0.4 is 10.5 Å². The Hall–Kier alpha value is -1.10. The number of likely N-dealkylation sites (tertiary alicyclic amines) is 1. The maximum atomic E-state index is 5.85. The van der Waals surface area contributed by atoms with Crippen LogP contribution in [0.4, 0.5) is 0 Å². The highest BCUT2D eigenvalue weighted by molar-refractivity contribution is 5.28. The molecule has 1 unspecified atom stereocenters. The van der Waals surface area contributed by atoms with Crippen molar-refractivity contribution in [2.45, 2.75) is 25.4 Å². The standard InChI is InChI=1S/C16H27N3O/c1-18(2)13-15-6-4-8-19(15)9-10-20-16-7-3-5-14(11-16)12-17/h3,5,7,11,15H,4,6,8-10,12-13,17H2,1-2H3. The van der Waals surface area contributed by atoms with Gasteiger partial charge in [0, 0.05) is 25.7 Å². The van der Waals surface area contributed by atoms with E-state index in [1.165, 1.54) is 19.4 Å². The van der Waals surface area contributed by atoms with Crippen LogP contribution in [-0.2, 0) is 6.54 Å². The number of nitrogens with zero attached hydrogens (tertiary/aromatic N) is 2. The minimum absolute atomic E-state index is 0.564. The Labute approximate surface area is 122 Å². The molecule has 4 nitrogen and oxygen atoms in total. The van der Waals surface area contributed by atoms with E-state index < -0.39 is 0 Å². The SMILES string of the molecule is CN(C)CC1CCCN1CCOc1cccc(CN)c1. The smallest absolute Gasteiger partial charge is 0.119 e. The van der Waals surface area contributed by atoms with E-state index in [-0.39, 0.29) is 0 Å². The molecular formula is C16H27N3O. The number of hydrogen-bond acceptors (Lipinski definition) is 4. The summed E-state index contributed by atoms with van der Waals surface area (Å²) in [5.74, 6) is 0.927. The third-order valence-electron chi connectivity index (χ3n) is 3.86. The molecule has 0 aliphatic carbocycles. The van der Waals surface area contributed by atoms with Gasteiger partial charge in [0.05, 0.1) is 0 Å². The number of rotatable bonds is 7. The Morgan fingerprint density at radius 3 is 3.00 bits per heavy atom. The van der Waals surface area contributed by atoms with Crippen LogP contribution in [0.25, 0.3) is 0 Å². The Kier molecular flexibility index (Phi) is 5.83. The van der Waals surface area contributed by atoms with Gasteiger partial charge >= 0.3 is 0 Å². The van der Waals surface area contributed by atoms with Gasteiger partial charge in [-0.3, -0.25) is 4.90 Å². The zero-order valence-corrected chi connectivity index (χ0v) is 12.7. The Bertz CT molecular complexity index is 408. The van der Waals surface area contributed by atoms with Crippen molar-refractivity contribution < 1.29 is 4.74 Å². The van der Waals surface area contributed by atoms with Crippen LogP contribution in [0.3, 0.4) is 0 Å². The van der Waals surface area contributed by atoms with Crippen molar-refractivity contribution in [2.24, 2.45) is 5.73 Å². The minimum atomic E-state index is 0.564. The second-order valence-corrected chi connectivity index (χ2v) is 5.79. The van der Waals surface area contributed by atoms with Crippen LogP contribution in [0, 0.1) is 0 Å². The molecule has 1 aliphatic rings. The van der Waals surface area contributed by atoms with Crippen LogP contribution in [0.2, 0.25) is 0 Å². The van der Waals surface area contributed by atoms with Gasteiger partial charge in [0.1, 0.15) is 12.4 Å². The Morgan fingerprint density at radius 2 is 2.25 bits per heavy atom. The molecule has 1 aliphatic heterocycles. The number of hydrogen-bond donors (Lipinski definition) is 1. The number of benzene rings is 1. The van der Waals surface area contributed by atoms with Crippen LogP contribution >= 0.6 is 0 Å². The van der Waals surface area contributed by atoms with Gasteiger partial charge < -0.3 is 15.4 Å². The molecule has 2 N–H and O–H groups in total. The monoisotopic (exact) mass is 277 g/mol. The molecule has 0 amide bonds. The number of ether oxygens (including phenoxy) is 1. The predicted octanol–water partition coefficient (Wildman–Crippen LogP) is 1.55.